The van der Waals surface area contributed by atoms with E-state index in [2.05, 4.69) is 5.32 Å². The van der Waals surface area contributed by atoms with E-state index in [9.17, 15) is 24.3 Å². The number of imide groups is 1. The molecule has 2 aromatic carbocycles. The number of carbonyl (C=O) groups excluding carboxylic acids is 3. The number of hydrogen-bond acceptors (Lipinski definition) is 5. The zero-order chi connectivity index (χ0) is 21.0. The smallest absolute Gasteiger partial charge is 0.345 e. The van der Waals surface area contributed by atoms with Gasteiger partial charge >= 0.3 is 5.97 Å². The molecule has 150 valence electrons. The number of amides is 3. The van der Waals surface area contributed by atoms with Crippen molar-refractivity contribution in [3.05, 3.63) is 71.8 Å². The van der Waals surface area contributed by atoms with E-state index < -0.39 is 29.5 Å². The number of nitrogens with two attached hydrogens (primary N) is 1. The number of nitrogens with one attached hydrogen (secondary N) is 1. The Morgan fingerprint density at radius 3 is 2.17 bits per heavy atom. The third kappa shape index (κ3) is 4.17. The first kappa shape index (κ1) is 20.2. The molecule has 4 N–H and O–H groups in total. The summed E-state index contributed by atoms with van der Waals surface area (Å²) in [5.41, 5.74) is 4.56. The van der Waals surface area contributed by atoms with Crippen molar-refractivity contribution in [3.63, 3.8) is 0 Å². The van der Waals surface area contributed by atoms with Crippen molar-refractivity contribution in [3.8, 4) is 0 Å². The molecular weight excluding hydrogens is 374 g/mol. The molecule has 0 spiro atoms. The summed E-state index contributed by atoms with van der Waals surface area (Å²) in [4.78, 5) is 50.8. The summed E-state index contributed by atoms with van der Waals surface area (Å²) in [5.74, 6) is -3.54. The predicted molar refractivity (Wildman–Crippen MR) is 103 cm³/mol. The fraction of sp³-hybridized carbons (Fsp3) is 0.238. The van der Waals surface area contributed by atoms with Crippen molar-refractivity contribution in [1.29, 1.82) is 0 Å². The molecule has 2 aromatic rings. The van der Waals surface area contributed by atoms with Crippen LogP contribution in [0.5, 0.6) is 0 Å². The Balaban J connectivity index is 2.05. The van der Waals surface area contributed by atoms with Crippen LogP contribution in [0.4, 0.5) is 0 Å². The second-order valence-electron chi connectivity index (χ2n) is 6.90. The van der Waals surface area contributed by atoms with Crippen LogP contribution in [0.2, 0.25) is 0 Å². The zero-order valence-corrected chi connectivity index (χ0v) is 15.6. The Morgan fingerprint density at radius 1 is 1.07 bits per heavy atom. The molecule has 2 atom stereocenters. The summed E-state index contributed by atoms with van der Waals surface area (Å²) in [5, 5.41) is 12.4. The normalized spacial score (nSPS) is 17.8. The topological polar surface area (TPSA) is 130 Å². The third-order valence-corrected chi connectivity index (χ3v) is 4.82. The summed E-state index contributed by atoms with van der Waals surface area (Å²) >= 11 is 0. The Hall–Kier alpha value is -3.52. The standard InChI is InChI=1S/C21H21N3O5/c22-21(20(28)29,13-14-7-3-1-4-8-14)24(18(26)15-9-5-2-6-10-15)19(27)16-11-12-17(25)23-16/h1-10,16H,11-13,22H2,(H,23,25)(H,28,29)/t16-,21-/m0/s1. The molecule has 1 fully saturated rings. The maximum atomic E-state index is 13.2. The van der Waals surface area contributed by atoms with Crippen LogP contribution in [-0.4, -0.2) is 45.4 Å². The third-order valence-electron chi connectivity index (χ3n) is 4.82. The average molecular weight is 395 g/mol. The monoisotopic (exact) mass is 395 g/mol. The van der Waals surface area contributed by atoms with Gasteiger partial charge in [-0.1, -0.05) is 48.5 Å². The van der Waals surface area contributed by atoms with Gasteiger partial charge in [0.25, 0.3) is 11.8 Å². The van der Waals surface area contributed by atoms with Crippen molar-refractivity contribution in [2.75, 3.05) is 0 Å². The lowest BCUT2D eigenvalue weighted by Crippen LogP contribution is -2.68. The highest BCUT2D eigenvalue weighted by molar-refractivity contribution is 6.10. The SMILES string of the molecule is N[C@](Cc1ccccc1)(C(=O)O)N(C(=O)c1ccccc1)C(=O)[C@@H]1CCC(=O)N1. The molecule has 0 aliphatic carbocycles. The minimum atomic E-state index is -2.33. The van der Waals surface area contributed by atoms with Gasteiger partial charge in [-0.05, 0) is 24.1 Å². The fourth-order valence-corrected chi connectivity index (χ4v) is 3.30. The molecule has 1 aliphatic rings. The maximum absolute atomic E-state index is 13.2. The molecule has 8 nitrogen and oxygen atoms in total. The van der Waals surface area contributed by atoms with Crippen LogP contribution in [0.25, 0.3) is 0 Å². The Bertz CT molecular complexity index is 932. The molecule has 0 aromatic heterocycles. The zero-order valence-electron chi connectivity index (χ0n) is 15.6. The van der Waals surface area contributed by atoms with Gasteiger partial charge in [0, 0.05) is 18.4 Å². The van der Waals surface area contributed by atoms with Crippen molar-refractivity contribution < 1.29 is 24.3 Å². The van der Waals surface area contributed by atoms with Crippen LogP contribution in [0.1, 0.15) is 28.8 Å². The second-order valence-corrected chi connectivity index (χ2v) is 6.90. The fourth-order valence-electron chi connectivity index (χ4n) is 3.30. The van der Waals surface area contributed by atoms with Crippen molar-refractivity contribution in [2.24, 2.45) is 5.73 Å². The Morgan fingerprint density at radius 2 is 1.66 bits per heavy atom. The summed E-state index contributed by atoms with van der Waals surface area (Å²) in [6.45, 7) is 0. The first-order valence-electron chi connectivity index (χ1n) is 9.12. The molecule has 3 rings (SSSR count). The molecule has 0 saturated carbocycles. The highest BCUT2D eigenvalue weighted by Gasteiger charge is 2.49. The lowest BCUT2D eigenvalue weighted by Gasteiger charge is -2.37. The quantitative estimate of drug-likeness (QED) is 0.493. The number of rotatable bonds is 6. The van der Waals surface area contributed by atoms with E-state index in [1.165, 1.54) is 12.1 Å². The predicted octanol–water partition coefficient (Wildman–Crippen LogP) is 0.916. The summed E-state index contributed by atoms with van der Waals surface area (Å²) in [6.07, 6.45) is -0.00146. The summed E-state index contributed by atoms with van der Waals surface area (Å²) < 4.78 is 0. The van der Waals surface area contributed by atoms with Crippen LogP contribution in [-0.2, 0) is 20.8 Å². The molecule has 0 radical (unpaired) electrons. The van der Waals surface area contributed by atoms with Crippen molar-refractivity contribution in [2.45, 2.75) is 31.0 Å². The number of carboxylic acid groups (broad SMARTS) is 1. The molecule has 0 unspecified atom stereocenters. The van der Waals surface area contributed by atoms with Crippen LogP contribution < -0.4 is 11.1 Å². The Labute approximate surface area is 167 Å². The minimum Gasteiger partial charge on any atom is -0.478 e. The van der Waals surface area contributed by atoms with Gasteiger partial charge in [0.2, 0.25) is 11.6 Å². The Kier molecular flexibility index (Phi) is 5.74. The van der Waals surface area contributed by atoms with Gasteiger partial charge in [-0.15, -0.1) is 0 Å². The van der Waals surface area contributed by atoms with Gasteiger partial charge in [0.05, 0.1) is 0 Å². The van der Waals surface area contributed by atoms with Gasteiger partial charge in [0.1, 0.15) is 6.04 Å². The van der Waals surface area contributed by atoms with Crippen LogP contribution in [0.15, 0.2) is 60.7 Å². The van der Waals surface area contributed by atoms with E-state index in [4.69, 9.17) is 5.73 Å². The van der Waals surface area contributed by atoms with Crippen LogP contribution >= 0.6 is 0 Å². The van der Waals surface area contributed by atoms with Crippen molar-refractivity contribution in [1.82, 2.24) is 10.2 Å². The lowest BCUT2D eigenvalue weighted by molar-refractivity contribution is -0.156. The van der Waals surface area contributed by atoms with Gasteiger partial charge in [-0.3, -0.25) is 20.1 Å². The molecule has 8 heteroatoms. The number of nitrogens with zero attached hydrogens (tertiary/aromatic N) is 1. The highest BCUT2D eigenvalue weighted by atomic mass is 16.4. The van der Waals surface area contributed by atoms with Gasteiger partial charge in [-0.2, -0.15) is 0 Å². The maximum Gasteiger partial charge on any atom is 0.345 e. The second kappa shape index (κ2) is 8.24. The molecule has 1 heterocycles. The molecule has 3 amide bonds. The van der Waals surface area contributed by atoms with E-state index in [1.807, 2.05) is 0 Å². The number of carbonyl (C=O) groups is 4. The molecule has 29 heavy (non-hydrogen) atoms. The number of benzene rings is 2. The largest absolute Gasteiger partial charge is 0.478 e. The van der Waals surface area contributed by atoms with E-state index >= 15 is 0 Å². The molecular formula is C21H21N3O5. The summed E-state index contributed by atoms with van der Waals surface area (Å²) in [7, 11) is 0. The number of aliphatic carboxylic acids is 1. The van der Waals surface area contributed by atoms with Crippen LogP contribution in [0, 0.1) is 0 Å². The molecule has 0 bridgehead atoms. The first-order valence-corrected chi connectivity index (χ1v) is 9.12. The van der Waals surface area contributed by atoms with Gasteiger partial charge in [0.15, 0.2) is 0 Å². The van der Waals surface area contributed by atoms with Crippen LogP contribution in [0.3, 0.4) is 0 Å². The van der Waals surface area contributed by atoms with Crippen molar-refractivity contribution >= 4 is 23.7 Å². The number of carboxylic acids is 1. The molecule has 1 saturated heterocycles. The summed E-state index contributed by atoms with van der Waals surface area (Å²) in [6, 6.07) is 15.3. The number of hydrogen-bond donors (Lipinski definition) is 3. The minimum absolute atomic E-state index is 0.118. The lowest BCUT2D eigenvalue weighted by atomic mass is 9.96. The highest BCUT2D eigenvalue weighted by Crippen LogP contribution is 2.23. The average Bonchev–Trinajstić information content (AvgIpc) is 3.15. The first-order chi connectivity index (χ1) is 13.8. The molecule has 1 aliphatic heterocycles. The van der Waals surface area contributed by atoms with Gasteiger partial charge in [-0.25, -0.2) is 9.69 Å². The van der Waals surface area contributed by atoms with E-state index in [1.54, 1.807) is 48.5 Å². The van der Waals surface area contributed by atoms with E-state index in [0.29, 0.717) is 10.5 Å². The van der Waals surface area contributed by atoms with E-state index in [0.717, 1.165) is 0 Å². The van der Waals surface area contributed by atoms with E-state index in [-0.39, 0.29) is 30.7 Å². The van der Waals surface area contributed by atoms with Gasteiger partial charge < -0.3 is 10.4 Å².